The molecule has 7 heteroatoms. The highest BCUT2D eigenvalue weighted by Gasteiger charge is 2.63. The van der Waals surface area contributed by atoms with Crippen LogP contribution in [0.3, 0.4) is 0 Å². The normalized spacial score (nSPS) is 37.2. The van der Waals surface area contributed by atoms with Crippen molar-refractivity contribution in [2.45, 2.75) is 119 Å². The summed E-state index contributed by atoms with van der Waals surface area (Å²) in [5.74, 6) is -2.94. The van der Waals surface area contributed by atoms with Gasteiger partial charge in [-0.05, 0) is 92.3 Å². The highest BCUT2D eigenvalue weighted by molar-refractivity contribution is 5.99. The minimum atomic E-state index is -1.16. The maximum atomic E-state index is 13.0. The van der Waals surface area contributed by atoms with Crippen molar-refractivity contribution in [2.24, 2.45) is 45.3 Å². The molecule has 7 nitrogen and oxygen atoms in total. The van der Waals surface area contributed by atoms with Gasteiger partial charge in [0.15, 0.2) is 5.78 Å². The van der Waals surface area contributed by atoms with E-state index >= 15 is 0 Å². The van der Waals surface area contributed by atoms with Crippen molar-refractivity contribution in [3.8, 4) is 0 Å². The molecule has 0 heterocycles. The number of allylic oxidation sites excluding steroid dienone is 2. The number of rotatable bonds is 9. The Bertz CT molecular complexity index is 1180. The topological polar surface area (TPSA) is 118 Å². The first-order valence-corrected chi connectivity index (χ1v) is 15.5. The Hall–Kier alpha value is -2.44. The van der Waals surface area contributed by atoms with Gasteiger partial charge in [-0.25, -0.2) is 0 Å². The molecule has 4 aliphatic carbocycles. The van der Waals surface area contributed by atoms with Crippen LogP contribution >= 0.6 is 0 Å². The number of carboxylic acids is 2. The largest absolute Gasteiger partial charge is 0.481 e. The Balaban J connectivity index is 1.57. The molecule has 0 radical (unpaired) electrons. The van der Waals surface area contributed by atoms with Crippen LogP contribution in [0, 0.1) is 45.3 Å². The van der Waals surface area contributed by atoms with Gasteiger partial charge >= 0.3 is 17.9 Å². The smallest absolute Gasteiger partial charge is 0.317 e. The van der Waals surface area contributed by atoms with Gasteiger partial charge in [-0.3, -0.25) is 19.2 Å². The number of hydrogen-bond acceptors (Lipinski definition) is 5. The molecule has 0 saturated heterocycles. The van der Waals surface area contributed by atoms with Gasteiger partial charge in [0.25, 0.3) is 0 Å². The molecule has 0 aliphatic heterocycles. The number of fused-ring (bicyclic) bond motifs is 4. The van der Waals surface area contributed by atoms with Crippen molar-refractivity contribution < 1.29 is 34.1 Å². The molecular weight excluding hydrogens is 520 g/mol. The highest BCUT2D eigenvalue weighted by atomic mass is 16.5. The molecule has 0 spiro atoms. The van der Waals surface area contributed by atoms with E-state index in [1.54, 1.807) is 11.1 Å². The van der Waals surface area contributed by atoms with E-state index in [1.165, 1.54) is 6.92 Å². The molecule has 4 aliphatic rings. The summed E-state index contributed by atoms with van der Waals surface area (Å²) in [6.45, 7) is 19.2. The van der Waals surface area contributed by atoms with E-state index in [4.69, 9.17) is 9.84 Å². The summed E-state index contributed by atoms with van der Waals surface area (Å²) < 4.78 is 5.77. The molecule has 0 unspecified atom stereocenters. The minimum Gasteiger partial charge on any atom is -0.481 e. The van der Waals surface area contributed by atoms with Gasteiger partial charge in [0.1, 0.15) is 12.5 Å². The Morgan fingerprint density at radius 3 is 2.20 bits per heavy atom. The molecule has 2 fully saturated rings. The van der Waals surface area contributed by atoms with E-state index in [1.807, 2.05) is 0 Å². The number of hydrogen-bond donors (Lipinski definition) is 2. The third kappa shape index (κ3) is 4.99. The zero-order chi connectivity index (χ0) is 30.7. The van der Waals surface area contributed by atoms with Gasteiger partial charge in [-0.1, -0.05) is 59.3 Å². The molecular formula is C34H50O7. The van der Waals surface area contributed by atoms with Gasteiger partial charge in [-0.2, -0.15) is 0 Å². The third-order valence-electron chi connectivity index (χ3n) is 12.8. The van der Waals surface area contributed by atoms with Crippen LogP contribution in [0.1, 0.15) is 113 Å². The van der Waals surface area contributed by atoms with Crippen LogP contribution in [-0.4, -0.2) is 40.0 Å². The summed E-state index contributed by atoms with van der Waals surface area (Å²) in [6, 6.07) is 0. The van der Waals surface area contributed by atoms with Crippen LogP contribution in [0.4, 0.5) is 0 Å². The molecule has 0 aromatic rings. The number of Topliss-reactive ketones (excluding diaryl/α,β-unsaturated/α-hetero) is 1. The second-order valence-corrected chi connectivity index (χ2v) is 15.0. The van der Waals surface area contributed by atoms with E-state index < -0.39 is 30.2 Å². The van der Waals surface area contributed by atoms with Crippen LogP contribution in [0.2, 0.25) is 0 Å². The summed E-state index contributed by atoms with van der Waals surface area (Å²) in [4.78, 5) is 47.7. The van der Waals surface area contributed by atoms with Crippen molar-refractivity contribution in [1.29, 1.82) is 0 Å². The summed E-state index contributed by atoms with van der Waals surface area (Å²) >= 11 is 0. The monoisotopic (exact) mass is 570 g/mol. The molecule has 0 aromatic carbocycles. The fourth-order valence-electron chi connectivity index (χ4n) is 10.1. The van der Waals surface area contributed by atoms with Crippen molar-refractivity contribution in [2.75, 3.05) is 0 Å². The number of ketones is 1. The number of carbonyl (C=O) groups is 4. The molecule has 0 bridgehead atoms. The summed E-state index contributed by atoms with van der Waals surface area (Å²) in [6.07, 6.45) is 7.42. The van der Waals surface area contributed by atoms with E-state index in [0.29, 0.717) is 18.3 Å². The predicted octanol–water partition coefficient (Wildman–Crippen LogP) is 6.99. The van der Waals surface area contributed by atoms with Crippen LogP contribution in [0.15, 0.2) is 23.3 Å². The maximum absolute atomic E-state index is 13.0. The standard InChI is InChI=1S/C34H50O7/c1-19(17-25(35)20(2)21(3)30(39)40)22-11-15-34(8)24-9-10-26-31(4,5)27(41-29(38)18-28(36)37)13-14-32(26,6)23(24)12-16-33(22,34)7/h19,21-22,26-27H,2,9-18H2,1,3-8H3,(H,36,37)(H,39,40)/t19-,21-,22-,26+,27-,32-,33-,34+/m1/s1. The number of ether oxygens (including phenoxy) is 1. The lowest BCUT2D eigenvalue weighted by Gasteiger charge is -2.62. The van der Waals surface area contributed by atoms with Crippen molar-refractivity contribution in [3.05, 3.63) is 23.3 Å². The van der Waals surface area contributed by atoms with E-state index in [9.17, 15) is 24.3 Å². The van der Waals surface area contributed by atoms with Gasteiger partial charge in [0.05, 0.1) is 5.92 Å². The fourth-order valence-corrected chi connectivity index (χ4v) is 10.1. The Morgan fingerprint density at radius 1 is 0.927 bits per heavy atom. The quantitative estimate of drug-likeness (QED) is 0.133. The first kappa shape index (κ1) is 31.5. The first-order valence-electron chi connectivity index (χ1n) is 15.5. The number of aliphatic carboxylic acids is 2. The molecule has 0 aromatic heterocycles. The number of carbonyl (C=O) groups excluding carboxylic acids is 2. The van der Waals surface area contributed by atoms with Crippen molar-refractivity contribution in [1.82, 2.24) is 0 Å². The van der Waals surface area contributed by atoms with Gasteiger partial charge in [-0.15, -0.1) is 0 Å². The zero-order valence-corrected chi connectivity index (χ0v) is 26.1. The van der Waals surface area contributed by atoms with E-state index in [-0.39, 0.29) is 45.0 Å². The average Bonchev–Trinajstić information content (AvgIpc) is 3.15. The van der Waals surface area contributed by atoms with Crippen LogP contribution in [0.25, 0.3) is 0 Å². The lowest BCUT2D eigenvalue weighted by molar-refractivity contribution is -0.172. The fraction of sp³-hybridized carbons (Fsp3) is 0.765. The Kier molecular flexibility index (Phi) is 8.20. The number of esters is 1. The van der Waals surface area contributed by atoms with E-state index in [2.05, 4.69) is 48.1 Å². The minimum absolute atomic E-state index is 0.0154. The maximum Gasteiger partial charge on any atom is 0.317 e. The van der Waals surface area contributed by atoms with Gasteiger partial charge < -0.3 is 14.9 Å². The molecule has 228 valence electrons. The van der Waals surface area contributed by atoms with Crippen molar-refractivity contribution >= 4 is 23.7 Å². The van der Waals surface area contributed by atoms with Crippen LogP contribution < -0.4 is 0 Å². The molecule has 0 amide bonds. The lowest BCUT2D eigenvalue weighted by atomic mass is 9.43. The second kappa shape index (κ2) is 10.7. The Labute approximate surface area is 245 Å². The average molecular weight is 571 g/mol. The molecule has 41 heavy (non-hydrogen) atoms. The SMILES string of the molecule is C=C(C(=O)C[C@@H](C)[C@H]1CC[C@@]2(C)C3=C(CC[C@]12C)[C@@]1(C)CC[C@@H](OC(=O)CC(=O)O)C(C)(C)[C@@H]1CC3)[C@@H](C)C(=O)O. The van der Waals surface area contributed by atoms with Gasteiger partial charge in [0.2, 0.25) is 0 Å². The van der Waals surface area contributed by atoms with E-state index in [0.717, 1.165) is 51.4 Å². The zero-order valence-electron chi connectivity index (χ0n) is 26.1. The summed E-state index contributed by atoms with van der Waals surface area (Å²) in [7, 11) is 0. The van der Waals surface area contributed by atoms with Crippen LogP contribution in [-0.2, 0) is 23.9 Å². The third-order valence-corrected chi connectivity index (χ3v) is 12.8. The molecule has 4 rings (SSSR count). The second-order valence-electron chi connectivity index (χ2n) is 15.0. The Morgan fingerprint density at radius 2 is 1.59 bits per heavy atom. The molecule has 8 atom stereocenters. The van der Waals surface area contributed by atoms with Crippen molar-refractivity contribution in [3.63, 3.8) is 0 Å². The summed E-state index contributed by atoms with van der Waals surface area (Å²) in [5, 5.41) is 18.4. The highest BCUT2D eigenvalue weighted by Crippen LogP contribution is 2.72. The molecule has 2 saturated carbocycles. The number of carboxylic acid groups (broad SMARTS) is 2. The predicted molar refractivity (Wildman–Crippen MR) is 156 cm³/mol. The van der Waals surface area contributed by atoms with Crippen LogP contribution in [0.5, 0.6) is 0 Å². The summed E-state index contributed by atoms with van der Waals surface area (Å²) in [5.41, 5.74) is 3.29. The van der Waals surface area contributed by atoms with Gasteiger partial charge in [0, 0.05) is 17.4 Å². The molecule has 2 N–H and O–H groups in total. The first-order chi connectivity index (χ1) is 18.9. The lowest BCUT2D eigenvalue weighted by Crippen LogP contribution is -2.56.